The van der Waals surface area contributed by atoms with E-state index >= 15 is 0 Å². The molecule has 0 saturated carbocycles. The van der Waals surface area contributed by atoms with Crippen LogP contribution in [0.2, 0.25) is 0 Å². The summed E-state index contributed by atoms with van der Waals surface area (Å²) in [4.78, 5) is 24.4. The van der Waals surface area contributed by atoms with Gasteiger partial charge in [-0.15, -0.1) is 0 Å². The van der Waals surface area contributed by atoms with Crippen molar-refractivity contribution in [1.82, 2.24) is 0 Å². The lowest BCUT2D eigenvalue weighted by Crippen LogP contribution is -2.24. The maximum absolute atomic E-state index is 12.3. The average molecular weight is 360 g/mol. The zero-order valence-electron chi connectivity index (χ0n) is 14.4. The predicted molar refractivity (Wildman–Crippen MR) is 95.4 cm³/mol. The van der Waals surface area contributed by atoms with Gasteiger partial charge in [0.25, 0.3) is 0 Å². The Labute approximate surface area is 147 Å². The Kier molecular flexibility index (Phi) is 5.74. The van der Waals surface area contributed by atoms with E-state index in [4.69, 9.17) is 4.74 Å². The number of ketones is 1. The maximum atomic E-state index is 12.3. The van der Waals surface area contributed by atoms with Crippen molar-refractivity contribution < 1.29 is 22.7 Å². The summed E-state index contributed by atoms with van der Waals surface area (Å²) >= 11 is 0. The first kappa shape index (κ1) is 18.9. The fourth-order valence-corrected chi connectivity index (χ4v) is 3.07. The zero-order valence-corrected chi connectivity index (χ0v) is 15.2. The number of sulfone groups is 1. The van der Waals surface area contributed by atoms with Crippen molar-refractivity contribution in [1.29, 1.82) is 0 Å². The van der Waals surface area contributed by atoms with Gasteiger partial charge < -0.3 is 4.74 Å². The van der Waals surface area contributed by atoms with E-state index in [1.54, 1.807) is 24.3 Å². The number of hydrogen-bond donors (Lipinski definition) is 0. The topological polar surface area (TPSA) is 77.5 Å². The number of ether oxygens (including phenoxy) is 1. The summed E-state index contributed by atoms with van der Waals surface area (Å²) < 4.78 is 27.7. The molecule has 2 aromatic rings. The first-order valence-corrected chi connectivity index (χ1v) is 9.80. The van der Waals surface area contributed by atoms with Crippen LogP contribution in [0.25, 0.3) is 0 Å². The summed E-state index contributed by atoms with van der Waals surface area (Å²) in [6.07, 6.45) is 0.235. The molecule has 0 saturated heterocycles. The van der Waals surface area contributed by atoms with Crippen molar-refractivity contribution >= 4 is 21.6 Å². The number of carbonyl (C=O) groups excluding carboxylic acids is 2. The average Bonchev–Trinajstić information content (AvgIpc) is 2.54. The van der Waals surface area contributed by atoms with Gasteiger partial charge in [0.1, 0.15) is 0 Å². The standard InChI is InChI=1S/C19H20O5S/c1-13-4-8-16(9-5-13)18(20)14(2)24-19(21)17-10-6-15(7-11-17)12-25(3,22)23/h4-11,14H,12H2,1-3H3/t14-/m0/s1. The minimum atomic E-state index is -3.14. The molecule has 2 rings (SSSR count). The van der Waals surface area contributed by atoms with Crippen LogP contribution in [0.5, 0.6) is 0 Å². The van der Waals surface area contributed by atoms with E-state index in [0.29, 0.717) is 11.1 Å². The Morgan fingerprint density at radius 2 is 1.48 bits per heavy atom. The van der Waals surface area contributed by atoms with Gasteiger partial charge in [0.15, 0.2) is 15.9 Å². The third-order valence-corrected chi connectivity index (χ3v) is 4.47. The normalized spacial score (nSPS) is 12.4. The highest BCUT2D eigenvalue weighted by Gasteiger charge is 2.20. The first-order valence-electron chi connectivity index (χ1n) is 7.74. The molecule has 0 bridgehead atoms. The lowest BCUT2D eigenvalue weighted by molar-refractivity contribution is 0.0319. The van der Waals surface area contributed by atoms with E-state index in [1.165, 1.54) is 19.1 Å². The molecular formula is C19H20O5S. The van der Waals surface area contributed by atoms with Gasteiger partial charge in [-0.1, -0.05) is 42.0 Å². The third kappa shape index (κ3) is 5.53. The Morgan fingerprint density at radius 3 is 2.00 bits per heavy atom. The molecule has 0 unspecified atom stereocenters. The molecule has 0 fully saturated rings. The first-order chi connectivity index (χ1) is 11.7. The number of rotatable bonds is 6. The molecule has 132 valence electrons. The van der Waals surface area contributed by atoms with Crippen LogP contribution in [0, 0.1) is 6.92 Å². The number of carbonyl (C=O) groups is 2. The van der Waals surface area contributed by atoms with Crippen molar-refractivity contribution in [2.24, 2.45) is 0 Å². The minimum absolute atomic E-state index is 0.0926. The van der Waals surface area contributed by atoms with Crippen LogP contribution in [0.4, 0.5) is 0 Å². The highest BCUT2D eigenvalue weighted by Crippen LogP contribution is 2.13. The van der Waals surface area contributed by atoms with Crippen LogP contribution in [-0.2, 0) is 20.3 Å². The molecule has 0 aliphatic carbocycles. The number of aryl methyl sites for hydroxylation is 1. The van der Waals surface area contributed by atoms with Gasteiger partial charge in [-0.05, 0) is 31.5 Å². The molecule has 1 atom stereocenters. The fraction of sp³-hybridized carbons (Fsp3) is 0.263. The summed E-state index contributed by atoms with van der Waals surface area (Å²) in [6.45, 7) is 3.45. The molecule has 0 radical (unpaired) electrons. The van der Waals surface area contributed by atoms with Crippen LogP contribution >= 0.6 is 0 Å². The largest absolute Gasteiger partial charge is 0.451 e. The van der Waals surface area contributed by atoms with E-state index < -0.39 is 21.9 Å². The van der Waals surface area contributed by atoms with E-state index in [9.17, 15) is 18.0 Å². The van der Waals surface area contributed by atoms with Crippen LogP contribution in [0.1, 0.15) is 38.8 Å². The van der Waals surface area contributed by atoms with Crippen molar-refractivity contribution in [2.75, 3.05) is 6.26 Å². The SMILES string of the molecule is Cc1ccc(C(=O)[C@H](C)OC(=O)c2ccc(CS(C)(=O)=O)cc2)cc1. The quantitative estimate of drug-likeness (QED) is 0.585. The van der Waals surface area contributed by atoms with Crippen LogP contribution in [0.3, 0.4) is 0 Å². The second-order valence-corrected chi connectivity index (χ2v) is 8.19. The van der Waals surface area contributed by atoms with Crippen LogP contribution in [-0.4, -0.2) is 32.5 Å². The molecule has 0 amide bonds. The van der Waals surface area contributed by atoms with Gasteiger partial charge in [0.2, 0.25) is 5.78 Å². The smallest absolute Gasteiger partial charge is 0.338 e. The second kappa shape index (κ2) is 7.61. The fourth-order valence-electron chi connectivity index (χ4n) is 2.27. The Morgan fingerprint density at radius 1 is 0.960 bits per heavy atom. The van der Waals surface area contributed by atoms with Gasteiger partial charge in [0.05, 0.1) is 11.3 Å². The number of hydrogen-bond acceptors (Lipinski definition) is 5. The lowest BCUT2D eigenvalue weighted by Gasteiger charge is -2.13. The van der Waals surface area contributed by atoms with Crippen LogP contribution in [0.15, 0.2) is 48.5 Å². The zero-order chi connectivity index (χ0) is 18.6. The highest BCUT2D eigenvalue weighted by molar-refractivity contribution is 7.89. The number of Topliss-reactive ketones (excluding diaryl/α,β-unsaturated/α-hetero) is 1. The van der Waals surface area contributed by atoms with Gasteiger partial charge in [-0.25, -0.2) is 13.2 Å². The predicted octanol–water partition coefficient (Wildman–Crippen LogP) is 2.97. The van der Waals surface area contributed by atoms with Gasteiger partial charge in [-0.3, -0.25) is 4.79 Å². The molecule has 25 heavy (non-hydrogen) atoms. The Bertz CT molecular complexity index is 865. The molecule has 0 aromatic heterocycles. The third-order valence-electron chi connectivity index (χ3n) is 3.61. The Hall–Kier alpha value is -2.47. The lowest BCUT2D eigenvalue weighted by atomic mass is 10.1. The van der Waals surface area contributed by atoms with E-state index in [2.05, 4.69) is 0 Å². The van der Waals surface area contributed by atoms with Crippen molar-refractivity contribution in [3.63, 3.8) is 0 Å². The van der Waals surface area contributed by atoms with Gasteiger partial charge in [0, 0.05) is 11.8 Å². The summed E-state index contributed by atoms with van der Waals surface area (Å²) in [5.74, 6) is -0.995. The highest BCUT2D eigenvalue weighted by atomic mass is 32.2. The van der Waals surface area contributed by atoms with E-state index in [1.807, 2.05) is 19.1 Å². The molecule has 0 aliphatic heterocycles. The maximum Gasteiger partial charge on any atom is 0.338 e. The van der Waals surface area contributed by atoms with Crippen molar-refractivity contribution in [3.05, 3.63) is 70.8 Å². The molecule has 6 heteroatoms. The minimum Gasteiger partial charge on any atom is -0.451 e. The summed E-state index contributed by atoms with van der Waals surface area (Å²) in [6, 6.07) is 13.1. The summed E-state index contributed by atoms with van der Waals surface area (Å²) in [5.41, 5.74) is 2.37. The second-order valence-electron chi connectivity index (χ2n) is 6.04. The monoisotopic (exact) mass is 360 g/mol. The molecule has 0 spiro atoms. The molecule has 0 heterocycles. The molecule has 0 N–H and O–H groups in total. The number of esters is 1. The van der Waals surface area contributed by atoms with Crippen LogP contribution < -0.4 is 0 Å². The molecule has 0 aliphatic rings. The van der Waals surface area contributed by atoms with E-state index in [-0.39, 0.29) is 17.1 Å². The van der Waals surface area contributed by atoms with E-state index in [0.717, 1.165) is 11.8 Å². The molecule has 5 nitrogen and oxygen atoms in total. The molecular weight excluding hydrogens is 340 g/mol. The van der Waals surface area contributed by atoms with Crippen molar-refractivity contribution in [3.8, 4) is 0 Å². The number of benzene rings is 2. The van der Waals surface area contributed by atoms with Gasteiger partial charge in [-0.2, -0.15) is 0 Å². The van der Waals surface area contributed by atoms with Crippen molar-refractivity contribution in [2.45, 2.75) is 25.7 Å². The summed E-state index contributed by atoms with van der Waals surface area (Å²) in [5, 5.41) is 0. The summed E-state index contributed by atoms with van der Waals surface area (Å²) in [7, 11) is -3.14. The molecule has 2 aromatic carbocycles. The van der Waals surface area contributed by atoms with Gasteiger partial charge >= 0.3 is 5.97 Å². The Balaban J connectivity index is 2.03.